The number of nitrogens with zero attached hydrogens (tertiary/aromatic N) is 5. The van der Waals surface area contributed by atoms with Gasteiger partial charge < -0.3 is 10.2 Å². The molecule has 0 radical (unpaired) electrons. The molecule has 1 aromatic carbocycles. The highest BCUT2D eigenvalue weighted by atomic mass is 32.1. The van der Waals surface area contributed by atoms with Crippen molar-refractivity contribution in [2.24, 2.45) is 0 Å². The predicted molar refractivity (Wildman–Crippen MR) is 117 cm³/mol. The average molecular weight is 417 g/mol. The van der Waals surface area contributed by atoms with Crippen LogP contribution in [-0.4, -0.2) is 30.9 Å². The van der Waals surface area contributed by atoms with E-state index in [1.54, 1.807) is 11.1 Å². The zero-order valence-corrected chi connectivity index (χ0v) is 17.3. The smallest absolute Gasteiger partial charge is 0.323 e. The van der Waals surface area contributed by atoms with E-state index in [4.69, 9.17) is 0 Å². The minimum Gasteiger partial charge on any atom is -0.339 e. The number of thiazole rings is 1. The summed E-state index contributed by atoms with van der Waals surface area (Å²) >= 11 is 1.47. The third-order valence-corrected chi connectivity index (χ3v) is 5.98. The number of para-hydroxylation sites is 1. The fourth-order valence-electron chi connectivity index (χ4n) is 3.53. The predicted octanol–water partition coefficient (Wildman–Crippen LogP) is 4.39. The van der Waals surface area contributed by atoms with Crippen LogP contribution in [-0.2, 0) is 13.1 Å². The Balaban J connectivity index is 1.35. The Kier molecular flexibility index (Phi) is 4.51. The number of hydrogen-bond acceptors (Lipinski definition) is 7. The quantitative estimate of drug-likeness (QED) is 0.513. The van der Waals surface area contributed by atoms with E-state index in [1.165, 1.54) is 17.7 Å². The molecule has 0 bridgehead atoms. The molecule has 3 aromatic heterocycles. The molecule has 0 spiro atoms. The molecule has 30 heavy (non-hydrogen) atoms. The van der Waals surface area contributed by atoms with Gasteiger partial charge in [-0.2, -0.15) is 0 Å². The third-order valence-electron chi connectivity index (χ3n) is 4.99. The van der Waals surface area contributed by atoms with Crippen molar-refractivity contribution in [3.05, 3.63) is 64.8 Å². The van der Waals surface area contributed by atoms with Crippen molar-refractivity contribution in [1.29, 1.82) is 0 Å². The van der Waals surface area contributed by atoms with Crippen molar-refractivity contribution < 1.29 is 4.79 Å². The molecule has 150 valence electrons. The van der Waals surface area contributed by atoms with Crippen LogP contribution in [0.2, 0.25) is 0 Å². The maximum absolute atomic E-state index is 12.8. The number of fused-ring (bicyclic) bond motifs is 2. The number of benzene rings is 1. The maximum Gasteiger partial charge on any atom is 0.323 e. The summed E-state index contributed by atoms with van der Waals surface area (Å²) in [5, 5.41) is 9.05. The first-order chi connectivity index (χ1) is 14.6. The summed E-state index contributed by atoms with van der Waals surface area (Å²) in [6.07, 6.45) is 3.30. The maximum atomic E-state index is 12.8. The number of aryl methyl sites for hydroxylation is 2. The van der Waals surface area contributed by atoms with E-state index in [0.29, 0.717) is 18.9 Å². The Bertz CT molecular complexity index is 1270. The van der Waals surface area contributed by atoms with E-state index in [-0.39, 0.29) is 6.03 Å². The van der Waals surface area contributed by atoms with Crippen LogP contribution >= 0.6 is 11.3 Å². The number of pyridine rings is 1. The molecule has 8 nitrogen and oxygen atoms in total. The van der Waals surface area contributed by atoms with Gasteiger partial charge in [0.25, 0.3) is 0 Å². The standard InChI is InChI=1S/C21H19N7OS/c1-12-20(30-13(2)25-12)27-21(29)28-9-16-18(10-28)23-11-24-19(16)26-15-7-14-5-3-4-6-17(14)22-8-15/h3-8,11H,9-10H2,1-2H3,(H,27,29)(H,23,24,26). The molecular weight excluding hydrogens is 398 g/mol. The van der Waals surface area contributed by atoms with Crippen molar-refractivity contribution in [3.63, 3.8) is 0 Å². The molecule has 4 aromatic rings. The Morgan fingerprint density at radius 1 is 1.13 bits per heavy atom. The topological polar surface area (TPSA) is 95.9 Å². The highest BCUT2D eigenvalue weighted by Gasteiger charge is 2.28. The lowest BCUT2D eigenvalue weighted by molar-refractivity contribution is 0.212. The molecule has 2 N–H and O–H groups in total. The number of carbonyl (C=O) groups excluding carboxylic acids is 1. The summed E-state index contributed by atoms with van der Waals surface area (Å²) in [5.74, 6) is 0.692. The number of amides is 2. The van der Waals surface area contributed by atoms with Crippen LogP contribution in [0.15, 0.2) is 42.9 Å². The molecule has 1 aliphatic rings. The van der Waals surface area contributed by atoms with Crippen molar-refractivity contribution >= 4 is 44.8 Å². The minimum atomic E-state index is -0.168. The lowest BCUT2D eigenvalue weighted by Gasteiger charge is -2.15. The van der Waals surface area contributed by atoms with Gasteiger partial charge in [0, 0.05) is 10.9 Å². The monoisotopic (exact) mass is 417 g/mol. The van der Waals surface area contributed by atoms with Gasteiger partial charge in [0.1, 0.15) is 17.1 Å². The first-order valence-electron chi connectivity index (χ1n) is 9.51. The molecule has 0 fully saturated rings. The van der Waals surface area contributed by atoms with Crippen LogP contribution in [0.25, 0.3) is 10.9 Å². The molecular formula is C21H19N7OS. The Morgan fingerprint density at radius 2 is 2.00 bits per heavy atom. The molecule has 4 heterocycles. The molecule has 2 amide bonds. The molecule has 9 heteroatoms. The number of hydrogen-bond donors (Lipinski definition) is 2. The van der Waals surface area contributed by atoms with Crippen molar-refractivity contribution in [3.8, 4) is 0 Å². The summed E-state index contributed by atoms with van der Waals surface area (Å²) in [7, 11) is 0. The number of rotatable bonds is 3. The van der Waals surface area contributed by atoms with Gasteiger partial charge in [-0.1, -0.05) is 18.2 Å². The Hall–Kier alpha value is -3.59. The van der Waals surface area contributed by atoms with Crippen LogP contribution in [0.5, 0.6) is 0 Å². The molecule has 0 aliphatic carbocycles. The molecule has 1 aliphatic heterocycles. The minimum absolute atomic E-state index is 0.168. The van der Waals surface area contributed by atoms with Gasteiger partial charge in [0.05, 0.1) is 46.9 Å². The largest absolute Gasteiger partial charge is 0.339 e. The van der Waals surface area contributed by atoms with Crippen molar-refractivity contribution in [1.82, 2.24) is 24.8 Å². The number of nitrogens with one attached hydrogen (secondary N) is 2. The molecule has 0 unspecified atom stereocenters. The summed E-state index contributed by atoms with van der Waals surface area (Å²) < 4.78 is 0. The van der Waals surface area contributed by atoms with E-state index in [2.05, 4.69) is 30.6 Å². The van der Waals surface area contributed by atoms with Crippen LogP contribution in [0.4, 0.5) is 21.3 Å². The summed E-state index contributed by atoms with van der Waals surface area (Å²) in [6, 6.07) is 9.81. The van der Waals surface area contributed by atoms with Gasteiger partial charge in [0.15, 0.2) is 0 Å². The summed E-state index contributed by atoms with van der Waals surface area (Å²) in [5.41, 5.74) is 4.36. The second kappa shape index (κ2) is 7.34. The highest BCUT2D eigenvalue weighted by molar-refractivity contribution is 7.16. The van der Waals surface area contributed by atoms with E-state index in [9.17, 15) is 4.79 Å². The van der Waals surface area contributed by atoms with Crippen LogP contribution in [0, 0.1) is 13.8 Å². The lowest BCUT2D eigenvalue weighted by Crippen LogP contribution is -2.30. The lowest BCUT2D eigenvalue weighted by atomic mass is 10.2. The normalized spacial score (nSPS) is 12.8. The van der Waals surface area contributed by atoms with Crippen molar-refractivity contribution in [2.75, 3.05) is 10.6 Å². The second-order valence-electron chi connectivity index (χ2n) is 7.12. The van der Waals surface area contributed by atoms with Gasteiger partial charge in [-0.25, -0.2) is 19.7 Å². The van der Waals surface area contributed by atoms with Gasteiger partial charge in [-0.05, 0) is 26.0 Å². The Morgan fingerprint density at radius 3 is 2.83 bits per heavy atom. The second-order valence-corrected chi connectivity index (χ2v) is 8.33. The first kappa shape index (κ1) is 18.4. The average Bonchev–Trinajstić information content (AvgIpc) is 3.31. The van der Waals surface area contributed by atoms with E-state index in [0.717, 1.165) is 43.6 Å². The van der Waals surface area contributed by atoms with E-state index in [1.807, 2.05) is 44.2 Å². The molecule has 0 saturated heterocycles. The molecule has 0 saturated carbocycles. The number of anilines is 3. The zero-order valence-electron chi connectivity index (χ0n) is 16.5. The molecule has 0 atom stereocenters. The van der Waals surface area contributed by atoms with Crippen LogP contribution < -0.4 is 10.6 Å². The van der Waals surface area contributed by atoms with E-state index < -0.39 is 0 Å². The number of aromatic nitrogens is 4. The number of carbonyl (C=O) groups is 1. The van der Waals surface area contributed by atoms with Gasteiger partial charge in [0.2, 0.25) is 0 Å². The van der Waals surface area contributed by atoms with Crippen LogP contribution in [0.3, 0.4) is 0 Å². The first-order valence-corrected chi connectivity index (χ1v) is 10.3. The van der Waals surface area contributed by atoms with Crippen LogP contribution in [0.1, 0.15) is 22.0 Å². The summed E-state index contributed by atoms with van der Waals surface area (Å²) in [6.45, 7) is 4.69. The van der Waals surface area contributed by atoms with Gasteiger partial charge in [-0.3, -0.25) is 10.3 Å². The SMILES string of the molecule is Cc1nc(C)c(NC(=O)N2Cc3ncnc(Nc4cnc5ccccc5c4)c3C2)s1. The third kappa shape index (κ3) is 3.43. The van der Waals surface area contributed by atoms with E-state index >= 15 is 0 Å². The van der Waals surface area contributed by atoms with Gasteiger partial charge in [-0.15, -0.1) is 11.3 Å². The molecule has 5 rings (SSSR count). The fourth-order valence-corrected chi connectivity index (χ4v) is 4.34. The summed E-state index contributed by atoms with van der Waals surface area (Å²) in [4.78, 5) is 32.1. The zero-order chi connectivity index (χ0) is 20.7. The van der Waals surface area contributed by atoms with Crippen molar-refractivity contribution in [2.45, 2.75) is 26.9 Å². The fraction of sp³-hybridized carbons (Fsp3) is 0.190. The van der Waals surface area contributed by atoms with Gasteiger partial charge >= 0.3 is 6.03 Å². The Labute approximate surface area is 177 Å². The highest BCUT2D eigenvalue weighted by Crippen LogP contribution is 2.30. The number of urea groups is 1.